The fourth-order valence-corrected chi connectivity index (χ4v) is 0.612. The quantitative estimate of drug-likeness (QED) is 0.423. The Bertz CT molecular complexity index is 199. The van der Waals surface area contributed by atoms with Crippen molar-refractivity contribution in [3.63, 3.8) is 0 Å². The smallest absolute Gasteiger partial charge is 0.550 e. The zero-order valence-corrected chi connectivity index (χ0v) is 23.6. The molecule has 0 radical (unpaired) electrons. The van der Waals surface area contributed by atoms with Crippen LogP contribution in [0.15, 0.2) is 0 Å². The number of carboxylic acids is 3. The van der Waals surface area contributed by atoms with Crippen LogP contribution in [-0.2, 0) is 14.4 Å². The molecule has 0 aromatic heterocycles. The number of aliphatic carboxylic acids is 3. The van der Waals surface area contributed by atoms with Gasteiger partial charge in [-0.25, -0.2) is 0 Å². The number of carbonyl (C=O) groups is 3. The number of hydrogen-bond acceptors (Lipinski definition) is 6. The van der Waals surface area contributed by atoms with Gasteiger partial charge in [0.15, 0.2) is 0 Å². The SMILES string of the molecule is CCCC(=O)[O-].CCCC(=O)[O-].CCCC(=O)[O-].[K+].[K+].[K+]. The normalized spacial score (nSPS) is 7.00. The molecular weight excluding hydrogens is 357 g/mol. The Morgan fingerprint density at radius 1 is 0.571 bits per heavy atom. The van der Waals surface area contributed by atoms with E-state index in [9.17, 15) is 29.7 Å². The first-order chi connectivity index (χ1) is 8.31. The van der Waals surface area contributed by atoms with Gasteiger partial charge in [0.2, 0.25) is 0 Å². The molecule has 0 unspecified atom stereocenters. The first-order valence-corrected chi connectivity index (χ1v) is 5.91. The summed E-state index contributed by atoms with van der Waals surface area (Å²) in [6, 6.07) is 0. The molecule has 0 aromatic carbocycles. The summed E-state index contributed by atoms with van der Waals surface area (Å²) in [4.78, 5) is 28.5. The molecule has 0 atom stereocenters. The average Bonchev–Trinajstić information content (AvgIpc) is 2.18. The topological polar surface area (TPSA) is 120 Å². The van der Waals surface area contributed by atoms with Gasteiger partial charge in [-0.05, 0) is 19.3 Å². The van der Waals surface area contributed by atoms with Crippen molar-refractivity contribution in [2.75, 3.05) is 0 Å². The molecule has 0 saturated heterocycles. The Labute approximate surface area is 254 Å². The molecule has 0 bridgehead atoms. The molecule has 0 aromatic rings. The van der Waals surface area contributed by atoms with Gasteiger partial charge in [-0.1, -0.05) is 40.0 Å². The third-order valence-electron chi connectivity index (χ3n) is 1.36. The van der Waals surface area contributed by atoms with E-state index >= 15 is 0 Å². The van der Waals surface area contributed by atoms with Gasteiger partial charge in [-0.15, -0.1) is 0 Å². The summed E-state index contributed by atoms with van der Waals surface area (Å²) in [5.74, 6) is -2.88. The molecule has 0 fully saturated rings. The summed E-state index contributed by atoms with van der Waals surface area (Å²) in [6.45, 7) is 5.40. The second-order valence-electron chi connectivity index (χ2n) is 3.37. The van der Waals surface area contributed by atoms with E-state index in [0.717, 1.165) is 0 Å². The van der Waals surface area contributed by atoms with Gasteiger partial charge < -0.3 is 29.7 Å². The van der Waals surface area contributed by atoms with Crippen LogP contribution in [0.1, 0.15) is 59.3 Å². The minimum Gasteiger partial charge on any atom is -0.550 e. The van der Waals surface area contributed by atoms with Crippen LogP contribution >= 0.6 is 0 Å². The van der Waals surface area contributed by atoms with Gasteiger partial charge in [-0.3, -0.25) is 0 Å². The predicted octanol–water partition coefficient (Wildman–Crippen LogP) is -10.4. The van der Waals surface area contributed by atoms with Gasteiger partial charge in [0.25, 0.3) is 0 Å². The molecule has 0 aliphatic rings. The molecule has 9 heteroatoms. The molecule has 0 heterocycles. The third kappa shape index (κ3) is 69.8. The molecule has 6 nitrogen and oxygen atoms in total. The van der Waals surface area contributed by atoms with E-state index in [1.807, 2.05) is 0 Å². The first kappa shape index (κ1) is 39.4. The van der Waals surface area contributed by atoms with Gasteiger partial charge in [0.1, 0.15) is 0 Å². The van der Waals surface area contributed by atoms with Crippen molar-refractivity contribution in [2.24, 2.45) is 0 Å². The standard InChI is InChI=1S/3C4H8O2.3K/c3*1-2-3-4(5)6;;;/h3*2-3H2,1H3,(H,5,6);;;/q;;;3*+1/p-3. The van der Waals surface area contributed by atoms with Crippen molar-refractivity contribution in [3.05, 3.63) is 0 Å². The van der Waals surface area contributed by atoms with Gasteiger partial charge >= 0.3 is 154 Å². The Balaban J connectivity index is -0.0000000375. The molecule has 0 saturated carbocycles. The van der Waals surface area contributed by atoms with Crippen molar-refractivity contribution in [1.82, 2.24) is 0 Å². The number of hydrogen-bond donors (Lipinski definition) is 0. The minimum absolute atomic E-state index is 0. The maximum Gasteiger partial charge on any atom is 1.00 e. The molecule has 108 valence electrons. The van der Waals surface area contributed by atoms with E-state index in [1.54, 1.807) is 20.8 Å². The van der Waals surface area contributed by atoms with Crippen molar-refractivity contribution in [2.45, 2.75) is 59.3 Å². The third-order valence-corrected chi connectivity index (χ3v) is 1.36. The summed E-state index contributed by atoms with van der Waals surface area (Å²) in [5, 5.41) is 28.5. The summed E-state index contributed by atoms with van der Waals surface area (Å²) < 4.78 is 0. The Morgan fingerprint density at radius 3 is 0.714 bits per heavy atom. The average molecular weight is 379 g/mol. The van der Waals surface area contributed by atoms with Crippen LogP contribution in [0.2, 0.25) is 0 Å². The van der Waals surface area contributed by atoms with Gasteiger partial charge in [0.05, 0.1) is 0 Å². The van der Waals surface area contributed by atoms with Crippen molar-refractivity contribution in [3.8, 4) is 0 Å². The van der Waals surface area contributed by atoms with Crippen LogP contribution in [0.3, 0.4) is 0 Å². The summed E-state index contributed by atoms with van der Waals surface area (Å²) in [5.41, 5.74) is 0. The second-order valence-corrected chi connectivity index (χ2v) is 3.37. The Morgan fingerprint density at radius 2 is 0.714 bits per heavy atom. The molecule has 0 spiro atoms. The zero-order valence-electron chi connectivity index (χ0n) is 14.2. The molecule has 21 heavy (non-hydrogen) atoms. The first-order valence-electron chi connectivity index (χ1n) is 5.91. The Hall–Kier alpha value is 3.32. The molecule has 0 N–H and O–H groups in total. The number of rotatable bonds is 6. The summed E-state index contributed by atoms with van der Waals surface area (Å²) >= 11 is 0. The van der Waals surface area contributed by atoms with Crippen molar-refractivity contribution < 1.29 is 184 Å². The van der Waals surface area contributed by atoms with Gasteiger partial charge in [0, 0.05) is 17.9 Å². The molecule has 0 rings (SSSR count). The van der Waals surface area contributed by atoms with Crippen molar-refractivity contribution in [1.29, 1.82) is 0 Å². The second kappa shape index (κ2) is 34.6. The van der Waals surface area contributed by atoms with E-state index in [2.05, 4.69) is 0 Å². The maximum absolute atomic E-state index is 9.49. The maximum atomic E-state index is 9.49. The van der Waals surface area contributed by atoms with Crippen LogP contribution in [0.5, 0.6) is 0 Å². The zero-order chi connectivity index (χ0) is 15.0. The fraction of sp³-hybridized carbons (Fsp3) is 0.750. The predicted molar refractivity (Wildman–Crippen MR) is 59.7 cm³/mol. The van der Waals surface area contributed by atoms with Crippen LogP contribution in [0.25, 0.3) is 0 Å². The molecule has 0 aliphatic heterocycles. The minimum atomic E-state index is -0.961. The number of carboxylic acid groups (broad SMARTS) is 3. The molecular formula is C12H21K3O6. The van der Waals surface area contributed by atoms with E-state index in [1.165, 1.54) is 0 Å². The fourth-order valence-electron chi connectivity index (χ4n) is 0.612. The van der Waals surface area contributed by atoms with Crippen LogP contribution in [0.4, 0.5) is 0 Å². The molecule has 0 aliphatic carbocycles. The number of carbonyl (C=O) groups excluding carboxylic acids is 3. The van der Waals surface area contributed by atoms with Crippen molar-refractivity contribution >= 4 is 17.9 Å². The van der Waals surface area contributed by atoms with E-state index in [4.69, 9.17) is 0 Å². The van der Waals surface area contributed by atoms with Crippen LogP contribution < -0.4 is 169 Å². The van der Waals surface area contributed by atoms with E-state index in [0.29, 0.717) is 19.3 Å². The summed E-state index contributed by atoms with van der Waals surface area (Å²) in [7, 11) is 0. The molecule has 0 amide bonds. The van der Waals surface area contributed by atoms with E-state index < -0.39 is 17.9 Å². The monoisotopic (exact) mass is 378 g/mol. The van der Waals surface area contributed by atoms with E-state index in [-0.39, 0.29) is 173 Å². The largest absolute Gasteiger partial charge is 1.00 e. The van der Waals surface area contributed by atoms with Crippen LogP contribution in [-0.4, -0.2) is 17.9 Å². The Kier molecular flexibility index (Phi) is 65.0. The summed E-state index contributed by atoms with van der Waals surface area (Å²) in [6.07, 6.45) is 2.55. The van der Waals surface area contributed by atoms with Crippen LogP contribution in [0, 0.1) is 0 Å². The van der Waals surface area contributed by atoms with Gasteiger partial charge in [-0.2, -0.15) is 0 Å².